The fourth-order valence-electron chi connectivity index (χ4n) is 3.93. The SMILES string of the molecule is COc1ccc2c(C)c(CC(=O)NCC(=O)NCC(=O)NC(CSCc3ccccc3)C(=O)O)c(=O)oc2c1C. The first-order chi connectivity index (χ1) is 19.1. The molecule has 12 heteroatoms. The molecule has 1 heterocycles. The highest BCUT2D eigenvalue weighted by Gasteiger charge is 2.21. The molecule has 0 saturated heterocycles. The highest BCUT2D eigenvalue weighted by Crippen LogP contribution is 2.29. The van der Waals surface area contributed by atoms with E-state index in [9.17, 15) is 29.1 Å². The lowest BCUT2D eigenvalue weighted by Gasteiger charge is -2.15. The molecule has 2 aromatic carbocycles. The molecule has 0 aliphatic rings. The Morgan fingerprint density at radius 2 is 1.62 bits per heavy atom. The van der Waals surface area contributed by atoms with Crippen LogP contribution in [-0.2, 0) is 31.4 Å². The van der Waals surface area contributed by atoms with Crippen molar-refractivity contribution in [2.75, 3.05) is 26.0 Å². The Morgan fingerprint density at radius 1 is 0.950 bits per heavy atom. The van der Waals surface area contributed by atoms with E-state index < -0.39 is 48.4 Å². The third-order valence-corrected chi connectivity index (χ3v) is 7.24. The number of nitrogens with one attached hydrogen (secondary N) is 3. The van der Waals surface area contributed by atoms with Gasteiger partial charge in [0.25, 0.3) is 0 Å². The molecule has 1 aromatic heterocycles. The first-order valence-electron chi connectivity index (χ1n) is 12.4. The zero-order valence-corrected chi connectivity index (χ0v) is 23.2. The quantitative estimate of drug-likeness (QED) is 0.224. The van der Waals surface area contributed by atoms with Gasteiger partial charge in [-0.25, -0.2) is 9.59 Å². The van der Waals surface area contributed by atoms with Crippen molar-refractivity contribution in [3.63, 3.8) is 0 Å². The first-order valence-corrected chi connectivity index (χ1v) is 13.5. The van der Waals surface area contributed by atoms with Crippen LogP contribution in [0.15, 0.2) is 51.7 Å². The van der Waals surface area contributed by atoms with Crippen LogP contribution in [0.3, 0.4) is 0 Å². The fraction of sp³-hybridized carbons (Fsp3) is 0.321. The number of hydrogen-bond acceptors (Lipinski definition) is 8. The van der Waals surface area contributed by atoms with Crippen molar-refractivity contribution >= 4 is 46.4 Å². The van der Waals surface area contributed by atoms with E-state index in [0.29, 0.717) is 33.6 Å². The van der Waals surface area contributed by atoms with Crippen LogP contribution in [0.25, 0.3) is 11.0 Å². The summed E-state index contributed by atoms with van der Waals surface area (Å²) in [6.07, 6.45) is -0.302. The summed E-state index contributed by atoms with van der Waals surface area (Å²) in [6, 6.07) is 11.9. The number of carboxylic acid groups (broad SMARTS) is 1. The molecule has 0 aliphatic carbocycles. The molecule has 0 radical (unpaired) electrons. The van der Waals surface area contributed by atoms with Gasteiger partial charge in [0.1, 0.15) is 17.4 Å². The Balaban J connectivity index is 1.46. The number of hydrogen-bond donors (Lipinski definition) is 4. The number of benzene rings is 2. The molecule has 40 heavy (non-hydrogen) atoms. The minimum atomic E-state index is -1.18. The number of carboxylic acids is 1. The number of thioether (sulfide) groups is 1. The Morgan fingerprint density at radius 3 is 2.30 bits per heavy atom. The number of rotatable bonds is 13. The Hall–Kier alpha value is -4.32. The Labute approximate surface area is 234 Å². The van der Waals surface area contributed by atoms with Gasteiger partial charge in [-0.2, -0.15) is 11.8 Å². The van der Waals surface area contributed by atoms with E-state index in [1.54, 1.807) is 26.0 Å². The predicted molar refractivity (Wildman–Crippen MR) is 150 cm³/mol. The van der Waals surface area contributed by atoms with Gasteiger partial charge >= 0.3 is 11.6 Å². The summed E-state index contributed by atoms with van der Waals surface area (Å²) in [5.41, 5.74) is 2.17. The number of aryl methyl sites for hydroxylation is 2. The maximum atomic E-state index is 12.6. The molecule has 4 N–H and O–H groups in total. The standard InChI is InChI=1S/C28H31N3O8S/c1-16-19-9-10-22(38-3)17(2)26(19)39-28(37)20(16)11-23(32)29-12-24(33)30-13-25(34)31-21(27(35)36)15-40-14-18-7-5-4-6-8-18/h4-10,21H,11-15H2,1-3H3,(H,29,32)(H,30,33)(H,31,34)(H,35,36). The van der Waals surface area contributed by atoms with Crippen molar-refractivity contribution in [3.8, 4) is 5.75 Å². The number of methoxy groups -OCH3 is 1. The highest BCUT2D eigenvalue weighted by atomic mass is 32.2. The van der Waals surface area contributed by atoms with Gasteiger partial charge in [0.15, 0.2) is 0 Å². The summed E-state index contributed by atoms with van der Waals surface area (Å²) in [7, 11) is 1.51. The van der Waals surface area contributed by atoms with E-state index >= 15 is 0 Å². The van der Waals surface area contributed by atoms with Gasteiger partial charge in [-0.1, -0.05) is 30.3 Å². The summed E-state index contributed by atoms with van der Waals surface area (Å²) in [5, 5.41) is 17.2. The van der Waals surface area contributed by atoms with Crippen molar-refractivity contribution < 1.29 is 33.4 Å². The normalized spacial score (nSPS) is 11.5. The third kappa shape index (κ3) is 8.09. The topological polar surface area (TPSA) is 164 Å². The molecule has 3 rings (SSSR count). The molecule has 212 valence electrons. The third-order valence-electron chi connectivity index (χ3n) is 6.13. The van der Waals surface area contributed by atoms with Crippen LogP contribution in [0.2, 0.25) is 0 Å². The zero-order chi connectivity index (χ0) is 29.2. The van der Waals surface area contributed by atoms with Gasteiger partial charge in [-0.3, -0.25) is 14.4 Å². The number of amides is 3. The highest BCUT2D eigenvalue weighted by molar-refractivity contribution is 7.98. The molecule has 1 unspecified atom stereocenters. The monoisotopic (exact) mass is 569 g/mol. The van der Waals surface area contributed by atoms with Crippen LogP contribution in [0.5, 0.6) is 5.75 Å². The predicted octanol–water partition coefficient (Wildman–Crippen LogP) is 1.70. The maximum absolute atomic E-state index is 12.6. The van der Waals surface area contributed by atoms with E-state index in [0.717, 1.165) is 5.56 Å². The van der Waals surface area contributed by atoms with Crippen LogP contribution in [0.1, 0.15) is 22.3 Å². The smallest absolute Gasteiger partial charge is 0.340 e. The molecule has 11 nitrogen and oxygen atoms in total. The first kappa shape index (κ1) is 30.2. The van der Waals surface area contributed by atoms with E-state index in [4.69, 9.17) is 9.15 Å². The number of fused-ring (bicyclic) bond motifs is 1. The summed E-state index contributed by atoms with van der Waals surface area (Å²) in [5.74, 6) is -1.79. The second kappa shape index (κ2) is 14.2. The van der Waals surface area contributed by atoms with Gasteiger partial charge < -0.3 is 30.2 Å². The number of carbonyl (C=O) groups excluding carboxylic acids is 3. The number of ether oxygens (including phenoxy) is 1. The minimum Gasteiger partial charge on any atom is -0.496 e. The summed E-state index contributed by atoms with van der Waals surface area (Å²) >= 11 is 1.36. The van der Waals surface area contributed by atoms with E-state index in [-0.39, 0.29) is 17.7 Å². The molecule has 0 aliphatic heterocycles. The van der Waals surface area contributed by atoms with Crippen LogP contribution in [-0.4, -0.2) is 60.8 Å². The molecule has 0 bridgehead atoms. The maximum Gasteiger partial charge on any atom is 0.340 e. The lowest BCUT2D eigenvalue weighted by Crippen LogP contribution is -2.48. The van der Waals surface area contributed by atoms with E-state index in [1.807, 2.05) is 30.3 Å². The largest absolute Gasteiger partial charge is 0.496 e. The van der Waals surface area contributed by atoms with Crippen LogP contribution < -0.4 is 26.3 Å². The zero-order valence-electron chi connectivity index (χ0n) is 22.4. The summed E-state index contributed by atoms with van der Waals surface area (Å²) in [6.45, 7) is 2.58. The van der Waals surface area contributed by atoms with Crippen LogP contribution >= 0.6 is 11.8 Å². The van der Waals surface area contributed by atoms with Crippen molar-refractivity contribution in [2.45, 2.75) is 32.1 Å². The molecular weight excluding hydrogens is 538 g/mol. The molecule has 1 atom stereocenters. The van der Waals surface area contributed by atoms with Gasteiger partial charge in [0, 0.05) is 22.5 Å². The molecular formula is C28H31N3O8S. The fourth-order valence-corrected chi connectivity index (χ4v) is 4.94. The number of aliphatic carboxylic acids is 1. The molecule has 0 spiro atoms. The Bertz CT molecular complexity index is 1460. The van der Waals surface area contributed by atoms with Gasteiger partial charge in [0.05, 0.1) is 32.2 Å². The number of carbonyl (C=O) groups is 4. The van der Waals surface area contributed by atoms with Crippen molar-refractivity contribution in [1.29, 1.82) is 0 Å². The van der Waals surface area contributed by atoms with Crippen molar-refractivity contribution in [1.82, 2.24) is 16.0 Å². The lowest BCUT2D eigenvalue weighted by molar-refractivity contribution is -0.141. The van der Waals surface area contributed by atoms with Crippen molar-refractivity contribution in [3.05, 3.63) is 75.1 Å². The molecule has 3 amide bonds. The molecule has 0 fully saturated rings. The lowest BCUT2D eigenvalue weighted by atomic mass is 10.0. The Kier molecular flexibility index (Phi) is 10.7. The van der Waals surface area contributed by atoms with E-state index in [1.165, 1.54) is 18.9 Å². The average Bonchev–Trinajstić information content (AvgIpc) is 2.93. The van der Waals surface area contributed by atoms with Crippen LogP contribution in [0.4, 0.5) is 0 Å². The minimum absolute atomic E-state index is 0.148. The van der Waals surface area contributed by atoms with Gasteiger partial charge in [0.2, 0.25) is 17.7 Å². The second-order valence-corrected chi connectivity index (χ2v) is 9.98. The molecule has 0 saturated carbocycles. The van der Waals surface area contributed by atoms with Gasteiger partial charge in [-0.05, 0) is 37.1 Å². The van der Waals surface area contributed by atoms with Gasteiger partial charge in [-0.15, -0.1) is 0 Å². The van der Waals surface area contributed by atoms with Crippen LogP contribution in [0, 0.1) is 13.8 Å². The molecule has 3 aromatic rings. The van der Waals surface area contributed by atoms with E-state index in [2.05, 4.69) is 16.0 Å². The summed E-state index contributed by atoms with van der Waals surface area (Å²) in [4.78, 5) is 60.9. The second-order valence-electron chi connectivity index (χ2n) is 8.95. The average molecular weight is 570 g/mol. The summed E-state index contributed by atoms with van der Waals surface area (Å²) < 4.78 is 10.7. The van der Waals surface area contributed by atoms with Crippen molar-refractivity contribution in [2.24, 2.45) is 0 Å².